The van der Waals surface area contributed by atoms with Gasteiger partial charge in [0.25, 0.3) is 0 Å². The Hall–Kier alpha value is -1.09. The Balaban J connectivity index is 2.06. The maximum Gasteiger partial charge on any atom is 0.0921 e. The molecule has 3 nitrogen and oxygen atoms in total. The summed E-state index contributed by atoms with van der Waals surface area (Å²) in [5.41, 5.74) is 1.19. The van der Waals surface area contributed by atoms with Crippen LogP contribution >= 0.6 is 0 Å². The van der Waals surface area contributed by atoms with E-state index in [0.717, 1.165) is 25.8 Å². The fourth-order valence-electron chi connectivity index (χ4n) is 1.34. The van der Waals surface area contributed by atoms with Crippen molar-refractivity contribution in [2.75, 3.05) is 6.54 Å². The van der Waals surface area contributed by atoms with Gasteiger partial charge >= 0.3 is 0 Å². The number of imidazole rings is 1. The first-order chi connectivity index (χ1) is 6.83. The third kappa shape index (κ3) is 4.23. The molecule has 0 aromatic carbocycles. The van der Waals surface area contributed by atoms with E-state index in [4.69, 9.17) is 0 Å². The Morgan fingerprint density at radius 1 is 1.71 bits per heavy atom. The van der Waals surface area contributed by atoms with Gasteiger partial charge in [0.1, 0.15) is 0 Å². The van der Waals surface area contributed by atoms with Crippen LogP contribution in [0.5, 0.6) is 0 Å². The molecule has 1 aromatic heterocycles. The van der Waals surface area contributed by atoms with Crippen molar-refractivity contribution < 1.29 is 0 Å². The Labute approximate surface area is 85.6 Å². The highest BCUT2D eigenvalue weighted by Gasteiger charge is 1.99. The van der Waals surface area contributed by atoms with Gasteiger partial charge in [-0.05, 0) is 19.8 Å². The van der Waals surface area contributed by atoms with E-state index in [1.807, 2.05) is 12.3 Å². The zero-order valence-electron chi connectivity index (χ0n) is 8.79. The summed E-state index contributed by atoms with van der Waals surface area (Å²) in [7, 11) is 0. The van der Waals surface area contributed by atoms with Crippen LogP contribution in [-0.4, -0.2) is 22.6 Å². The summed E-state index contributed by atoms with van der Waals surface area (Å²) >= 11 is 0. The monoisotopic (exact) mass is 193 g/mol. The van der Waals surface area contributed by atoms with Crippen LogP contribution in [0.1, 0.15) is 25.5 Å². The minimum Gasteiger partial charge on any atom is -0.348 e. The van der Waals surface area contributed by atoms with Crippen molar-refractivity contribution in [2.45, 2.75) is 32.2 Å². The number of nitrogens with one attached hydrogen (secondary N) is 2. The molecule has 0 spiro atoms. The molecule has 2 N–H and O–H groups in total. The van der Waals surface area contributed by atoms with Crippen LogP contribution < -0.4 is 5.32 Å². The number of rotatable bonds is 7. The van der Waals surface area contributed by atoms with Gasteiger partial charge in [0.2, 0.25) is 0 Å². The van der Waals surface area contributed by atoms with E-state index < -0.39 is 0 Å². The molecule has 0 aliphatic rings. The smallest absolute Gasteiger partial charge is 0.0921 e. The predicted octanol–water partition coefficient (Wildman–Crippen LogP) is 1.90. The lowest BCUT2D eigenvalue weighted by molar-refractivity contribution is 0.520. The van der Waals surface area contributed by atoms with E-state index in [1.165, 1.54) is 5.69 Å². The molecule has 0 fully saturated rings. The minimum atomic E-state index is 0.566. The van der Waals surface area contributed by atoms with Gasteiger partial charge in [-0.2, -0.15) is 0 Å². The molecule has 0 saturated heterocycles. The lowest BCUT2D eigenvalue weighted by atomic mass is 10.2. The molecular weight excluding hydrogens is 174 g/mol. The topological polar surface area (TPSA) is 40.7 Å². The van der Waals surface area contributed by atoms with Crippen LogP contribution in [0, 0.1) is 0 Å². The maximum atomic E-state index is 3.97. The summed E-state index contributed by atoms with van der Waals surface area (Å²) in [6.45, 7) is 6.92. The van der Waals surface area contributed by atoms with Crippen molar-refractivity contribution in [3.8, 4) is 0 Å². The molecule has 0 bridgehead atoms. The van der Waals surface area contributed by atoms with E-state index in [9.17, 15) is 0 Å². The Kier molecular flexibility index (Phi) is 5.00. The second-order valence-electron chi connectivity index (χ2n) is 3.55. The van der Waals surface area contributed by atoms with Crippen molar-refractivity contribution in [2.24, 2.45) is 0 Å². The average Bonchev–Trinajstić information content (AvgIpc) is 2.67. The van der Waals surface area contributed by atoms with Gasteiger partial charge in [-0.3, -0.25) is 0 Å². The van der Waals surface area contributed by atoms with Crippen LogP contribution in [-0.2, 0) is 6.42 Å². The molecule has 0 aliphatic heterocycles. The number of aromatic amines is 1. The summed E-state index contributed by atoms with van der Waals surface area (Å²) < 4.78 is 0. The van der Waals surface area contributed by atoms with Gasteiger partial charge < -0.3 is 10.3 Å². The summed E-state index contributed by atoms with van der Waals surface area (Å²) in [5.74, 6) is 0. The molecule has 0 radical (unpaired) electrons. The number of H-pyrrole nitrogens is 1. The van der Waals surface area contributed by atoms with E-state index in [-0.39, 0.29) is 0 Å². The molecule has 0 aliphatic carbocycles. The second-order valence-corrected chi connectivity index (χ2v) is 3.55. The first-order valence-electron chi connectivity index (χ1n) is 5.14. The lowest BCUT2D eigenvalue weighted by Crippen LogP contribution is -2.27. The summed E-state index contributed by atoms with van der Waals surface area (Å²) in [4.78, 5) is 7.06. The number of allylic oxidation sites excluding steroid dienone is 1. The molecule has 1 atom stereocenters. The largest absolute Gasteiger partial charge is 0.348 e. The standard InChI is InChI=1S/C11H19N3/c1-3-4-5-10(2)13-7-6-11-8-12-9-14-11/h3,8-10,13H,1,4-7H2,2H3,(H,12,14). The van der Waals surface area contributed by atoms with Crippen LogP contribution in [0.4, 0.5) is 0 Å². The first kappa shape index (κ1) is 11.0. The number of nitrogens with zero attached hydrogens (tertiary/aromatic N) is 1. The Bertz CT molecular complexity index is 241. The van der Waals surface area contributed by atoms with Crippen LogP contribution in [0.3, 0.4) is 0 Å². The van der Waals surface area contributed by atoms with Gasteiger partial charge in [0, 0.05) is 30.9 Å². The minimum absolute atomic E-state index is 0.566. The third-order valence-electron chi connectivity index (χ3n) is 2.25. The maximum absolute atomic E-state index is 3.97. The molecule has 14 heavy (non-hydrogen) atoms. The summed E-state index contributed by atoms with van der Waals surface area (Å²) in [6.07, 6.45) is 8.81. The SMILES string of the molecule is C=CCCC(C)NCCc1cnc[nH]1. The van der Waals surface area contributed by atoms with E-state index >= 15 is 0 Å². The normalized spacial score (nSPS) is 12.6. The third-order valence-corrected chi connectivity index (χ3v) is 2.25. The molecule has 78 valence electrons. The predicted molar refractivity (Wildman–Crippen MR) is 59.2 cm³/mol. The van der Waals surface area contributed by atoms with E-state index in [1.54, 1.807) is 6.33 Å². The van der Waals surface area contributed by atoms with E-state index in [2.05, 4.69) is 28.8 Å². The summed E-state index contributed by atoms with van der Waals surface area (Å²) in [5, 5.41) is 3.46. The fraction of sp³-hybridized carbons (Fsp3) is 0.545. The highest BCUT2D eigenvalue weighted by molar-refractivity contribution is 4.94. The van der Waals surface area contributed by atoms with Crippen molar-refractivity contribution in [3.05, 3.63) is 30.9 Å². The second kappa shape index (κ2) is 6.38. The highest BCUT2D eigenvalue weighted by atomic mass is 14.9. The Morgan fingerprint density at radius 2 is 2.57 bits per heavy atom. The van der Waals surface area contributed by atoms with Crippen LogP contribution in [0.25, 0.3) is 0 Å². The van der Waals surface area contributed by atoms with Crippen molar-refractivity contribution >= 4 is 0 Å². The number of hydrogen-bond acceptors (Lipinski definition) is 2. The van der Waals surface area contributed by atoms with Gasteiger partial charge in [0.05, 0.1) is 6.33 Å². The zero-order chi connectivity index (χ0) is 10.2. The highest BCUT2D eigenvalue weighted by Crippen LogP contribution is 1.97. The fourth-order valence-corrected chi connectivity index (χ4v) is 1.34. The number of hydrogen-bond donors (Lipinski definition) is 2. The first-order valence-corrected chi connectivity index (χ1v) is 5.14. The van der Waals surface area contributed by atoms with Crippen molar-refractivity contribution in [3.63, 3.8) is 0 Å². The van der Waals surface area contributed by atoms with Gasteiger partial charge in [-0.1, -0.05) is 6.08 Å². The van der Waals surface area contributed by atoms with Crippen LogP contribution in [0.2, 0.25) is 0 Å². The molecule has 1 rings (SSSR count). The lowest BCUT2D eigenvalue weighted by Gasteiger charge is -2.11. The molecule has 3 heteroatoms. The Morgan fingerprint density at radius 3 is 3.21 bits per heavy atom. The van der Waals surface area contributed by atoms with Gasteiger partial charge in [0.15, 0.2) is 0 Å². The quantitative estimate of drug-likeness (QED) is 0.649. The number of aromatic nitrogens is 2. The molecule has 1 aromatic rings. The molecule has 1 unspecified atom stereocenters. The van der Waals surface area contributed by atoms with Crippen LogP contribution in [0.15, 0.2) is 25.2 Å². The molecule has 0 saturated carbocycles. The molecule has 1 heterocycles. The van der Waals surface area contributed by atoms with Crippen molar-refractivity contribution in [1.82, 2.24) is 15.3 Å². The summed E-state index contributed by atoms with van der Waals surface area (Å²) in [6, 6.07) is 0.566. The zero-order valence-corrected chi connectivity index (χ0v) is 8.79. The van der Waals surface area contributed by atoms with Crippen molar-refractivity contribution in [1.29, 1.82) is 0 Å². The van der Waals surface area contributed by atoms with Gasteiger partial charge in [-0.15, -0.1) is 6.58 Å². The van der Waals surface area contributed by atoms with Gasteiger partial charge in [-0.25, -0.2) is 4.98 Å². The average molecular weight is 193 g/mol. The molecule has 0 amide bonds. The molecular formula is C11H19N3. The van der Waals surface area contributed by atoms with E-state index in [0.29, 0.717) is 6.04 Å².